The van der Waals surface area contributed by atoms with Gasteiger partial charge in [0, 0.05) is 17.8 Å². The lowest BCUT2D eigenvalue weighted by Gasteiger charge is -2.22. The molecule has 2 N–H and O–H groups in total. The first-order valence-corrected chi connectivity index (χ1v) is 7.54. The number of ether oxygens (including phenoxy) is 1. The third kappa shape index (κ3) is 4.76. The molecule has 1 fully saturated rings. The highest BCUT2D eigenvalue weighted by Crippen LogP contribution is 2.18. The number of amides is 1. The number of hydrogen-bond acceptors (Lipinski definition) is 3. The average Bonchev–Trinajstić information content (AvgIpc) is 2.47. The summed E-state index contributed by atoms with van der Waals surface area (Å²) in [6, 6.07) is 8.06. The number of anilines is 1. The Hall–Kier alpha value is -1.71. The molecule has 0 bridgehead atoms. The summed E-state index contributed by atoms with van der Waals surface area (Å²) in [6.07, 6.45) is 6.00. The quantitative estimate of drug-likeness (QED) is 0.840. The van der Waals surface area contributed by atoms with Crippen LogP contribution in [-0.4, -0.2) is 25.1 Å². The van der Waals surface area contributed by atoms with E-state index in [4.69, 9.17) is 4.74 Å². The first-order chi connectivity index (χ1) is 9.78. The zero-order valence-electron chi connectivity index (χ0n) is 12.2. The summed E-state index contributed by atoms with van der Waals surface area (Å²) in [4.78, 5) is 11.9. The molecule has 110 valence electrons. The van der Waals surface area contributed by atoms with Crippen molar-refractivity contribution in [1.29, 1.82) is 0 Å². The predicted octanol–water partition coefficient (Wildman–Crippen LogP) is 2.95. The number of benzene rings is 1. The first kappa shape index (κ1) is 14.7. The third-order valence-electron chi connectivity index (χ3n) is 3.57. The number of carbonyl (C=O) groups excluding carboxylic acids is 1. The molecule has 1 aliphatic rings. The minimum atomic E-state index is 0.0683. The fourth-order valence-corrected chi connectivity index (χ4v) is 2.57. The van der Waals surface area contributed by atoms with Crippen LogP contribution in [0.25, 0.3) is 0 Å². The minimum Gasteiger partial charge on any atom is -0.494 e. The molecule has 4 heteroatoms. The molecule has 0 aromatic heterocycles. The fraction of sp³-hybridized carbons (Fsp3) is 0.562. The van der Waals surface area contributed by atoms with Crippen molar-refractivity contribution in [2.45, 2.75) is 45.1 Å². The van der Waals surface area contributed by atoms with Gasteiger partial charge in [-0.1, -0.05) is 25.3 Å². The van der Waals surface area contributed by atoms with E-state index in [0.29, 0.717) is 19.2 Å². The molecule has 0 unspecified atom stereocenters. The van der Waals surface area contributed by atoms with Crippen LogP contribution in [0.5, 0.6) is 5.75 Å². The van der Waals surface area contributed by atoms with E-state index in [-0.39, 0.29) is 5.91 Å². The predicted molar refractivity (Wildman–Crippen MR) is 81.1 cm³/mol. The monoisotopic (exact) mass is 276 g/mol. The Balaban J connectivity index is 1.76. The van der Waals surface area contributed by atoms with Crippen LogP contribution in [0.2, 0.25) is 0 Å². The Morgan fingerprint density at radius 1 is 1.30 bits per heavy atom. The van der Waals surface area contributed by atoms with Crippen LogP contribution >= 0.6 is 0 Å². The second kappa shape index (κ2) is 7.78. The van der Waals surface area contributed by atoms with Crippen LogP contribution < -0.4 is 15.4 Å². The fourth-order valence-electron chi connectivity index (χ4n) is 2.57. The summed E-state index contributed by atoms with van der Waals surface area (Å²) in [5.74, 6) is 0.893. The molecule has 0 aliphatic heterocycles. The Kier molecular flexibility index (Phi) is 5.71. The number of rotatable bonds is 6. The van der Waals surface area contributed by atoms with Crippen molar-refractivity contribution in [2.75, 3.05) is 18.5 Å². The van der Waals surface area contributed by atoms with Crippen molar-refractivity contribution in [3.05, 3.63) is 24.3 Å². The summed E-state index contributed by atoms with van der Waals surface area (Å²) in [5, 5.41) is 6.24. The zero-order chi connectivity index (χ0) is 14.2. The number of carbonyl (C=O) groups is 1. The van der Waals surface area contributed by atoms with Gasteiger partial charge in [0.05, 0.1) is 13.2 Å². The lowest BCUT2D eigenvalue weighted by atomic mass is 9.95. The van der Waals surface area contributed by atoms with Crippen molar-refractivity contribution < 1.29 is 9.53 Å². The molecule has 0 saturated heterocycles. The Bertz CT molecular complexity index is 428. The van der Waals surface area contributed by atoms with E-state index in [2.05, 4.69) is 10.6 Å². The SMILES string of the molecule is CCOc1cccc(NCC(=O)NC2CCCCC2)c1. The largest absolute Gasteiger partial charge is 0.494 e. The van der Waals surface area contributed by atoms with Crippen LogP contribution in [0.3, 0.4) is 0 Å². The highest BCUT2D eigenvalue weighted by Gasteiger charge is 2.15. The molecule has 1 aliphatic carbocycles. The molecular formula is C16H24N2O2. The topological polar surface area (TPSA) is 50.4 Å². The van der Waals surface area contributed by atoms with Gasteiger partial charge in [0.15, 0.2) is 0 Å². The van der Waals surface area contributed by atoms with Crippen molar-refractivity contribution >= 4 is 11.6 Å². The molecule has 1 aromatic rings. The summed E-state index contributed by atoms with van der Waals surface area (Å²) in [7, 11) is 0. The lowest BCUT2D eigenvalue weighted by molar-refractivity contribution is -0.120. The van der Waals surface area contributed by atoms with Crippen molar-refractivity contribution in [2.24, 2.45) is 0 Å². The molecule has 0 radical (unpaired) electrons. The average molecular weight is 276 g/mol. The van der Waals surface area contributed by atoms with E-state index >= 15 is 0 Å². The van der Waals surface area contributed by atoms with Gasteiger partial charge in [-0.05, 0) is 31.9 Å². The van der Waals surface area contributed by atoms with E-state index in [9.17, 15) is 4.79 Å². The van der Waals surface area contributed by atoms with Gasteiger partial charge in [-0.15, -0.1) is 0 Å². The first-order valence-electron chi connectivity index (χ1n) is 7.54. The zero-order valence-corrected chi connectivity index (χ0v) is 12.2. The van der Waals surface area contributed by atoms with E-state index in [1.807, 2.05) is 31.2 Å². The molecule has 0 spiro atoms. The third-order valence-corrected chi connectivity index (χ3v) is 3.57. The van der Waals surface area contributed by atoms with Gasteiger partial charge in [0.25, 0.3) is 0 Å². The maximum atomic E-state index is 11.9. The molecular weight excluding hydrogens is 252 g/mol. The number of hydrogen-bond donors (Lipinski definition) is 2. The normalized spacial score (nSPS) is 15.7. The molecule has 4 nitrogen and oxygen atoms in total. The molecule has 0 atom stereocenters. The smallest absolute Gasteiger partial charge is 0.239 e. The molecule has 20 heavy (non-hydrogen) atoms. The van der Waals surface area contributed by atoms with Gasteiger partial charge in [-0.2, -0.15) is 0 Å². The maximum Gasteiger partial charge on any atom is 0.239 e. The van der Waals surface area contributed by atoms with E-state index in [1.165, 1.54) is 19.3 Å². The molecule has 0 heterocycles. The van der Waals surface area contributed by atoms with Crippen molar-refractivity contribution in [1.82, 2.24) is 5.32 Å². The van der Waals surface area contributed by atoms with Crippen LogP contribution in [0.1, 0.15) is 39.0 Å². The van der Waals surface area contributed by atoms with E-state index in [0.717, 1.165) is 24.3 Å². The molecule has 2 rings (SSSR count). The van der Waals surface area contributed by atoms with Crippen LogP contribution in [0.15, 0.2) is 24.3 Å². The highest BCUT2D eigenvalue weighted by molar-refractivity contribution is 5.81. The van der Waals surface area contributed by atoms with Gasteiger partial charge >= 0.3 is 0 Å². The van der Waals surface area contributed by atoms with Crippen LogP contribution in [-0.2, 0) is 4.79 Å². The van der Waals surface area contributed by atoms with Crippen LogP contribution in [0, 0.1) is 0 Å². The summed E-state index contributed by atoms with van der Waals surface area (Å²) >= 11 is 0. The van der Waals surface area contributed by atoms with Gasteiger partial charge < -0.3 is 15.4 Å². The summed E-state index contributed by atoms with van der Waals surface area (Å²) in [5.41, 5.74) is 0.912. The van der Waals surface area contributed by atoms with Gasteiger partial charge in [-0.25, -0.2) is 0 Å². The lowest BCUT2D eigenvalue weighted by Crippen LogP contribution is -2.39. The highest BCUT2D eigenvalue weighted by atomic mass is 16.5. The van der Waals surface area contributed by atoms with Crippen molar-refractivity contribution in [3.8, 4) is 5.75 Å². The van der Waals surface area contributed by atoms with Gasteiger partial charge in [-0.3, -0.25) is 4.79 Å². The Labute approximate surface area is 120 Å². The second-order valence-corrected chi connectivity index (χ2v) is 5.22. The molecule has 1 amide bonds. The minimum absolute atomic E-state index is 0.0683. The summed E-state index contributed by atoms with van der Waals surface area (Å²) in [6.45, 7) is 2.91. The molecule has 1 aromatic carbocycles. The van der Waals surface area contributed by atoms with Gasteiger partial charge in [0.1, 0.15) is 5.75 Å². The van der Waals surface area contributed by atoms with E-state index in [1.54, 1.807) is 0 Å². The second-order valence-electron chi connectivity index (χ2n) is 5.22. The standard InChI is InChI=1S/C16H24N2O2/c1-2-20-15-10-6-9-14(11-15)17-12-16(19)18-13-7-4-3-5-8-13/h6,9-11,13,17H,2-5,7-8,12H2,1H3,(H,18,19). The molecule has 1 saturated carbocycles. The summed E-state index contributed by atoms with van der Waals surface area (Å²) < 4.78 is 5.43. The van der Waals surface area contributed by atoms with Crippen LogP contribution in [0.4, 0.5) is 5.69 Å². The van der Waals surface area contributed by atoms with Crippen molar-refractivity contribution in [3.63, 3.8) is 0 Å². The maximum absolute atomic E-state index is 11.9. The Morgan fingerprint density at radius 3 is 2.85 bits per heavy atom. The van der Waals surface area contributed by atoms with Gasteiger partial charge in [0.2, 0.25) is 5.91 Å². The Morgan fingerprint density at radius 2 is 2.10 bits per heavy atom. The number of nitrogens with one attached hydrogen (secondary N) is 2. The van der Waals surface area contributed by atoms with E-state index < -0.39 is 0 Å².